The summed E-state index contributed by atoms with van der Waals surface area (Å²) in [6.45, 7) is 1.69. The number of rotatable bonds is 4. The summed E-state index contributed by atoms with van der Waals surface area (Å²) in [4.78, 5) is 15.5. The van der Waals surface area contributed by atoms with Crippen molar-refractivity contribution < 1.29 is 18.3 Å². The van der Waals surface area contributed by atoms with Crippen LogP contribution in [-0.2, 0) is 28.9 Å². The molecule has 0 bridgehead atoms. The molecule has 0 radical (unpaired) electrons. The Morgan fingerprint density at radius 1 is 1.36 bits per heavy atom. The van der Waals surface area contributed by atoms with Gasteiger partial charge in [-0.3, -0.25) is 4.79 Å². The summed E-state index contributed by atoms with van der Waals surface area (Å²) in [6.07, 6.45) is 2.20. The lowest BCUT2D eigenvalue weighted by Crippen LogP contribution is -2.39. The van der Waals surface area contributed by atoms with E-state index in [1.54, 1.807) is 0 Å². The zero-order valence-corrected chi connectivity index (χ0v) is 17.5. The molecular weight excluding hydrogens is 452 g/mol. The largest absolute Gasteiger partial charge is 0.381 e. The first-order chi connectivity index (χ1) is 13.4. The molecule has 1 aromatic heterocycles. The Bertz CT molecular complexity index is 969. The summed E-state index contributed by atoms with van der Waals surface area (Å²) in [5.74, 6) is -1.59. The number of fused-ring (bicyclic) bond motifs is 1. The minimum absolute atomic E-state index is 0.0603. The number of halogens is 3. The summed E-state index contributed by atoms with van der Waals surface area (Å²) in [5.41, 5.74) is 1.62. The van der Waals surface area contributed by atoms with Gasteiger partial charge in [-0.1, -0.05) is 0 Å². The lowest BCUT2D eigenvalue weighted by Gasteiger charge is -2.23. The molecule has 150 valence electrons. The van der Waals surface area contributed by atoms with Gasteiger partial charge in [-0.05, 0) is 59.5 Å². The average molecular weight is 472 g/mol. The van der Waals surface area contributed by atoms with Gasteiger partial charge in [0, 0.05) is 48.7 Å². The molecule has 5 nitrogen and oxygen atoms in total. The predicted octanol–water partition coefficient (Wildman–Crippen LogP) is 3.76. The van der Waals surface area contributed by atoms with Crippen molar-refractivity contribution in [3.05, 3.63) is 50.0 Å². The van der Waals surface area contributed by atoms with Crippen LogP contribution < -0.4 is 5.32 Å². The van der Waals surface area contributed by atoms with Gasteiger partial charge in [0.05, 0.1) is 10.9 Å². The Hall–Kier alpha value is -1.58. The van der Waals surface area contributed by atoms with Gasteiger partial charge >= 0.3 is 0 Å². The number of nitrogens with one attached hydrogen (secondary N) is 2. The fourth-order valence-corrected chi connectivity index (χ4v) is 4.69. The molecule has 0 saturated carbocycles. The SMILES string of the molecule is O=C(Cc1[nH]c(=S)n2c1C[C@@H](c1c(F)ccc(Br)c1F)C2)NC1CCOCC1. The van der Waals surface area contributed by atoms with Crippen molar-refractivity contribution >= 4 is 34.1 Å². The minimum Gasteiger partial charge on any atom is -0.381 e. The molecule has 4 rings (SSSR count). The number of aromatic amines is 1. The summed E-state index contributed by atoms with van der Waals surface area (Å²) < 4.78 is 36.7. The van der Waals surface area contributed by atoms with Crippen LogP contribution in [0.1, 0.15) is 35.7 Å². The van der Waals surface area contributed by atoms with E-state index in [4.69, 9.17) is 17.0 Å². The molecular formula is C19H20BrF2N3O2S. The Morgan fingerprint density at radius 2 is 2.11 bits per heavy atom. The molecule has 0 aliphatic carbocycles. The van der Waals surface area contributed by atoms with Crippen LogP contribution in [0.4, 0.5) is 8.78 Å². The fourth-order valence-electron chi connectivity index (χ4n) is 4.04. The lowest BCUT2D eigenvalue weighted by molar-refractivity contribution is -0.121. The molecule has 2 aliphatic heterocycles. The van der Waals surface area contributed by atoms with Crippen molar-refractivity contribution in [1.82, 2.24) is 14.9 Å². The van der Waals surface area contributed by atoms with E-state index in [2.05, 4.69) is 26.2 Å². The number of hydrogen-bond donors (Lipinski definition) is 2. The highest BCUT2D eigenvalue weighted by atomic mass is 79.9. The molecule has 1 aromatic carbocycles. The monoisotopic (exact) mass is 471 g/mol. The van der Waals surface area contributed by atoms with E-state index in [-0.39, 0.29) is 34.3 Å². The number of carbonyl (C=O) groups is 1. The molecule has 2 aliphatic rings. The van der Waals surface area contributed by atoms with Crippen LogP contribution in [0.2, 0.25) is 0 Å². The first kappa shape index (κ1) is 19.7. The van der Waals surface area contributed by atoms with Gasteiger partial charge in [-0.2, -0.15) is 0 Å². The minimum atomic E-state index is -0.579. The predicted molar refractivity (Wildman–Crippen MR) is 106 cm³/mol. The van der Waals surface area contributed by atoms with Gasteiger partial charge < -0.3 is 19.6 Å². The second-order valence-electron chi connectivity index (χ2n) is 7.25. The molecule has 1 saturated heterocycles. The van der Waals surface area contributed by atoms with Gasteiger partial charge in [0.1, 0.15) is 11.6 Å². The molecule has 1 fully saturated rings. The smallest absolute Gasteiger partial charge is 0.226 e. The van der Waals surface area contributed by atoms with Crippen molar-refractivity contribution in [2.24, 2.45) is 0 Å². The second kappa shape index (κ2) is 8.04. The standard InChI is InChI=1S/C19H20BrF2N3O2S/c20-12-1-2-13(21)17(18(12)22)10-7-15-14(24-19(28)25(15)9-10)8-16(26)23-11-3-5-27-6-4-11/h1-2,10-11H,3-9H2,(H,23,26)(H,24,28)/t10-/m1/s1. The number of hydrogen-bond acceptors (Lipinski definition) is 3. The Kier molecular flexibility index (Phi) is 5.66. The number of H-pyrrole nitrogens is 1. The first-order valence-electron chi connectivity index (χ1n) is 9.25. The van der Waals surface area contributed by atoms with Crippen LogP contribution in [0, 0.1) is 16.4 Å². The summed E-state index contributed by atoms with van der Waals surface area (Å²) in [7, 11) is 0. The van der Waals surface area contributed by atoms with Crippen molar-refractivity contribution in [3.63, 3.8) is 0 Å². The topological polar surface area (TPSA) is 59.0 Å². The zero-order chi connectivity index (χ0) is 19.8. The third-order valence-corrected chi connectivity index (χ3v) is 6.37. The zero-order valence-electron chi connectivity index (χ0n) is 15.1. The van der Waals surface area contributed by atoms with Crippen molar-refractivity contribution in [1.29, 1.82) is 0 Å². The molecule has 2 aromatic rings. The fraction of sp³-hybridized carbons (Fsp3) is 0.474. The van der Waals surface area contributed by atoms with Crippen molar-refractivity contribution in [2.75, 3.05) is 13.2 Å². The molecule has 9 heteroatoms. The number of carbonyl (C=O) groups excluding carboxylic acids is 1. The Labute approximate surface area is 174 Å². The number of imidazole rings is 1. The van der Waals surface area contributed by atoms with Gasteiger partial charge in [-0.15, -0.1) is 0 Å². The van der Waals surface area contributed by atoms with Gasteiger partial charge in [0.15, 0.2) is 4.77 Å². The number of ether oxygens (including phenoxy) is 1. The average Bonchev–Trinajstić information content (AvgIpc) is 3.21. The van der Waals surface area contributed by atoms with E-state index >= 15 is 0 Å². The maximum atomic E-state index is 14.5. The van der Waals surface area contributed by atoms with Crippen LogP contribution in [-0.4, -0.2) is 34.7 Å². The maximum absolute atomic E-state index is 14.5. The van der Waals surface area contributed by atoms with Crippen molar-refractivity contribution in [3.8, 4) is 0 Å². The number of nitrogens with zero attached hydrogens (tertiary/aromatic N) is 1. The van der Waals surface area contributed by atoms with Crippen LogP contribution in [0.15, 0.2) is 16.6 Å². The molecule has 3 heterocycles. The third kappa shape index (κ3) is 3.79. The van der Waals surface area contributed by atoms with Gasteiger partial charge in [-0.25, -0.2) is 8.78 Å². The molecule has 2 N–H and O–H groups in total. The Balaban J connectivity index is 1.52. The van der Waals surface area contributed by atoms with E-state index in [1.165, 1.54) is 12.1 Å². The molecule has 0 spiro atoms. The molecule has 0 unspecified atom stereocenters. The summed E-state index contributed by atoms with van der Waals surface area (Å²) in [5, 5.41) is 3.03. The second-order valence-corrected chi connectivity index (χ2v) is 8.50. The summed E-state index contributed by atoms with van der Waals surface area (Å²) in [6, 6.07) is 2.75. The van der Waals surface area contributed by atoms with Crippen molar-refractivity contribution in [2.45, 2.75) is 44.2 Å². The Morgan fingerprint density at radius 3 is 2.86 bits per heavy atom. The first-order valence-corrected chi connectivity index (χ1v) is 10.4. The van der Waals surface area contributed by atoms with Crippen LogP contribution in [0.3, 0.4) is 0 Å². The quantitative estimate of drug-likeness (QED) is 0.527. The highest BCUT2D eigenvalue weighted by Gasteiger charge is 2.32. The van der Waals surface area contributed by atoms with E-state index in [9.17, 15) is 13.6 Å². The highest BCUT2D eigenvalue weighted by molar-refractivity contribution is 9.10. The third-order valence-electron chi connectivity index (χ3n) is 5.43. The number of amides is 1. The molecule has 1 atom stereocenters. The molecule has 1 amide bonds. The maximum Gasteiger partial charge on any atom is 0.226 e. The van der Waals surface area contributed by atoms with Gasteiger partial charge in [0.2, 0.25) is 5.91 Å². The van der Waals surface area contributed by atoms with E-state index in [0.29, 0.717) is 36.6 Å². The summed E-state index contributed by atoms with van der Waals surface area (Å²) >= 11 is 8.50. The molecule has 28 heavy (non-hydrogen) atoms. The highest BCUT2D eigenvalue weighted by Crippen LogP contribution is 2.36. The van der Waals surface area contributed by atoms with Crippen LogP contribution >= 0.6 is 28.1 Å². The number of benzene rings is 1. The van der Waals surface area contributed by atoms with Gasteiger partial charge in [0.25, 0.3) is 0 Å². The van der Waals surface area contributed by atoms with Crippen LogP contribution in [0.25, 0.3) is 0 Å². The van der Waals surface area contributed by atoms with E-state index in [0.717, 1.165) is 18.5 Å². The van der Waals surface area contributed by atoms with E-state index in [1.807, 2.05) is 4.57 Å². The number of aromatic nitrogens is 2. The van der Waals surface area contributed by atoms with E-state index < -0.39 is 11.6 Å². The normalized spacial score (nSPS) is 19.6. The lowest BCUT2D eigenvalue weighted by atomic mass is 9.95. The van der Waals surface area contributed by atoms with Crippen LogP contribution in [0.5, 0.6) is 0 Å².